The molecule has 0 spiro atoms. The van der Waals surface area contributed by atoms with Crippen LogP contribution in [0.3, 0.4) is 0 Å². The number of H-pyrrole nitrogens is 1. The third-order valence-electron chi connectivity index (χ3n) is 7.57. The first-order valence-electron chi connectivity index (χ1n) is 14.8. The lowest BCUT2D eigenvalue weighted by Crippen LogP contribution is -2.34. The average Bonchev–Trinajstić information content (AvgIpc) is 3.41. The predicted octanol–water partition coefficient (Wildman–Crippen LogP) is 8.13. The molecule has 5 rings (SSSR count). The quantitative estimate of drug-likeness (QED) is 0.0810. The summed E-state index contributed by atoms with van der Waals surface area (Å²) in [5.41, 5.74) is 1.95. The van der Waals surface area contributed by atoms with Gasteiger partial charge in [-0.05, 0) is 85.1 Å². The van der Waals surface area contributed by atoms with Crippen LogP contribution in [0.1, 0.15) is 61.6 Å². The molecule has 2 aromatic carbocycles. The molecule has 0 aliphatic carbocycles. The van der Waals surface area contributed by atoms with Gasteiger partial charge in [0.05, 0.1) is 23.9 Å². The summed E-state index contributed by atoms with van der Waals surface area (Å²) in [5.74, 6) is -0.249. The summed E-state index contributed by atoms with van der Waals surface area (Å²) in [4.78, 5) is 18.5. The predicted molar refractivity (Wildman–Crippen MR) is 162 cm³/mol. The molecule has 3 heterocycles. The van der Waals surface area contributed by atoms with Gasteiger partial charge in [-0.1, -0.05) is 42.5 Å². The molecule has 1 fully saturated rings. The topological polar surface area (TPSA) is 71.1 Å². The molecule has 4 aromatic rings. The Labute approximate surface area is 253 Å². The van der Waals surface area contributed by atoms with Gasteiger partial charge in [0, 0.05) is 30.9 Å². The number of fused-ring (bicyclic) bond motifs is 1. The van der Waals surface area contributed by atoms with E-state index in [4.69, 9.17) is 4.74 Å². The van der Waals surface area contributed by atoms with E-state index in [0.717, 1.165) is 45.2 Å². The second-order valence-corrected chi connectivity index (χ2v) is 10.8. The number of aromatic amines is 1. The van der Waals surface area contributed by atoms with Crippen molar-refractivity contribution >= 4 is 28.0 Å². The van der Waals surface area contributed by atoms with E-state index in [1.807, 2.05) is 11.0 Å². The first kappa shape index (κ1) is 31.0. The van der Waals surface area contributed by atoms with Crippen molar-refractivity contribution in [2.75, 3.05) is 19.7 Å². The number of piperidine rings is 1. The molecule has 230 valence electrons. The van der Waals surface area contributed by atoms with Crippen LogP contribution in [0.25, 0.3) is 22.0 Å². The maximum absolute atomic E-state index is 14.4. The number of rotatable bonds is 11. The molecule has 1 amide bonds. The lowest BCUT2D eigenvalue weighted by molar-refractivity contribution is -0.127. The van der Waals surface area contributed by atoms with Gasteiger partial charge in [-0.25, -0.2) is 4.98 Å². The van der Waals surface area contributed by atoms with Crippen LogP contribution >= 0.6 is 0 Å². The van der Waals surface area contributed by atoms with Crippen molar-refractivity contribution in [3.05, 3.63) is 102 Å². The van der Waals surface area contributed by atoms with Gasteiger partial charge >= 0.3 is 6.18 Å². The highest BCUT2D eigenvalue weighted by Gasteiger charge is 2.32. The number of benzene rings is 2. The van der Waals surface area contributed by atoms with Gasteiger partial charge < -0.3 is 9.64 Å². The summed E-state index contributed by atoms with van der Waals surface area (Å²) in [5, 5.41) is 6.36. The monoisotopic (exact) mass is 606 g/mol. The van der Waals surface area contributed by atoms with E-state index >= 15 is 0 Å². The van der Waals surface area contributed by atoms with Crippen molar-refractivity contribution < 1.29 is 27.1 Å². The number of hydrogen-bond donors (Lipinski definition) is 1. The molecule has 1 saturated heterocycles. The number of carbonyl (C=O) groups excluding carboxylic acids is 1. The van der Waals surface area contributed by atoms with Crippen LogP contribution in [-0.4, -0.2) is 51.9 Å². The highest BCUT2D eigenvalue weighted by atomic mass is 19.4. The summed E-state index contributed by atoms with van der Waals surface area (Å²) in [6, 6.07) is 16.4. The maximum Gasteiger partial charge on any atom is 0.393 e. The van der Waals surface area contributed by atoms with Gasteiger partial charge in [-0.3, -0.25) is 9.89 Å². The Morgan fingerprint density at radius 3 is 2.45 bits per heavy atom. The van der Waals surface area contributed by atoms with Crippen LogP contribution < -0.4 is 4.74 Å². The third-order valence-corrected chi connectivity index (χ3v) is 7.57. The van der Waals surface area contributed by atoms with E-state index in [1.165, 1.54) is 18.7 Å². The summed E-state index contributed by atoms with van der Waals surface area (Å²) in [7, 11) is 0. The van der Waals surface area contributed by atoms with Crippen molar-refractivity contribution in [2.45, 2.75) is 51.1 Å². The molecule has 1 aliphatic rings. The smallest absolute Gasteiger partial charge is 0.393 e. The summed E-state index contributed by atoms with van der Waals surface area (Å²) in [6.07, 6.45) is 4.99. The second-order valence-electron chi connectivity index (χ2n) is 10.8. The minimum atomic E-state index is -4.49. The number of nitrogens with zero attached hydrogens (tertiary/aromatic N) is 3. The molecular formula is C34H34F4N4O2. The fourth-order valence-corrected chi connectivity index (χ4v) is 5.38. The zero-order valence-electron chi connectivity index (χ0n) is 24.2. The molecule has 0 unspecified atom stereocenters. The van der Waals surface area contributed by atoms with Crippen molar-refractivity contribution in [1.82, 2.24) is 20.1 Å². The number of unbranched alkanes of at least 4 members (excludes halogenated alkanes) is 2. The first-order valence-corrected chi connectivity index (χ1v) is 14.8. The number of amides is 1. The Balaban J connectivity index is 1.31. The third kappa shape index (κ3) is 8.12. The number of alkyl halides is 3. The van der Waals surface area contributed by atoms with Crippen LogP contribution in [0.4, 0.5) is 17.6 Å². The molecule has 1 aliphatic heterocycles. The van der Waals surface area contributed by atoms with Crippen LogP contribution in [0.15, 0.2) is 79.0 Å². The number of halogens is 4. The maximum atomic E-state index is 14.4. The van der Waals surface area contributed by atoms with Gasteiger partial charge in [0.25, 0.3) is 0 Å². The van der Waals surface area contributed by atoms with E-state index in [1.54, 1.807) is 60.7 Å². The van der Waals surface area contributed by atoms with Crippen LogP contribution in [0, 0.1) is 5.95 Å². The van der Waals surface area contributed by atoms with E-state index < -0.39 is 18.5 Å². The van der Waals surface area contributed by atoms with Crippen molar-refractivity contribution in [3.8, 4) is 5.88 Å². The van der Waals surface area contributed by atoms with Crippen LogP contribution in [-0.2, 0) is 4.79 Å². The number of carbonyl (C=O) groups is 1. The molecule has 44 heavy (non-hydrogen) atoms. The highest BCUT2D eigenvalue weighted by molar-refractivity contribution is 6.00. The van der Waals surface area contributed by atoms with Crippen LogP contribution in [0.5, 0.6) is 5.88 Å². The lowest BCUT2D eigenvalue weighted by Gasteiger charge is -2.25. The van der Waals surface area contributed by atoms with Gasteiger partial charge in [-0.15, -0.1) is 0 Å². The standard InChI is InChI=1S/C34H34F4N4O2/c35-33-27-21-25(14-16-29(27)40-41-33)32(28(22-34(36,37)38)24-11-5-3-6-12-24)26-15-17-30(39-23-26)44-20-10-2-1-7-13-31(43)42-18-8-4-9-19-42/h3,5-7,11-17,21,23H,1-2,4,8-10,18-20,22H2,(H,40,41)/b13-7+,32-28-. The zero-order chi connectivity index (χ0) is 30.9. The fourth-order valence-electron chi connectivity index (χ4n) is 5.38. The number of hydrogen-bond acceptors (Lipinski definition) is 4. The number of allylic oxidation sites excluding steroid dienone is 2. The van der Waals surface area contributed by atoms with Crippen molar-refractivity contribution in [2.24, 2.45) is 0 Å². The Morgan fingerprint density at radius 1 is 0.955 bits per heavy atom. The second kappa shape index (κ2) is 14.3. The molecule has 0 bridgehead atoms. The molecular weight excluding hydrogens is 572 g/mol. The van der Waals surface area contributed by atoms with Gasteiger partial charge in [0.1, 0.15) is 0 Å². The van der Waals surface area contributed by atoms with E-state index in [9.17, 15) is 22.4 Å². The van der Waals surface area contributed by atoms with E-state index in [-0.39, 0.29) is 16.9 Å². The van der Waals surface area contributed by atoms with Crippen molar-refractivity contribution in [1.29, 1.82) is 0 Å². The Bertz CT molecular complexity index is 1610. The average molecular weight is 607 g/mol. The molecule has 1 N–H and O–H groups in total. The van der Waals surface area contributed by atoms with Crippen molar-refractivity contribution in [3.63, 3.8) is 0 Å². The number of aromatic nitrogens is 3. The highest BCUT2D eigenvalue weighted by Crippen LogP contribution is 2.40. The normalized spacial score (nSPS) is 14.7. The molecule has 0 radical (unpaired) electrons. The number of nitrogens with one attached hydrogen (secondary N) is 1. The summed E-state index contributed by atoms with van der Waals surface area (Å²) >= 11 is 0. The summed E-state index contributed by atoms with van der Waals surface area (Å²) < 4.78 is 62.0. The van der Waals surface area contributed by atoms with Gasteiger partial charge in [-0.2, -0.15) is 22.7 Å². The minimum absolute atomic E-state index is 0.0450. The van der Waals surface area contributed by atoms with Gasteiger partial charge in [0.2, 0.25) is 17.7 Å². The minimum Gasteiger partial charge on any atom is -0.478 e. The Morgan fingerprint density at radius 2 is 1.73 bits per heavy atom. The van der Waals surface area contributed by atoms with Crippen LogP contribution in [0.2, 0.25) is 0 Å². The molecule has 2 aromatic heterocycles. The van der Waals surface area contributed by atoms with E-state index in [0.29, 0.717) is 40.3 Å². The molecule has 0 saturated carbocycles. The van der Waals surface area contributed by atoms with Gasteiger partial charge in [0.15, 0.2) is 0 Å². The summed E-state index contributed by atoms with van der Waals surface area (Å²) in [6.45, 7) is 2.06. The molecule has 10 heteroatoms. The number of ether oxygens (including phenoxy) is 1. The molecule has 6 nitrogen and oxygen atoms in total. The zero-order valence-corrected chi connectivity index (χ0v) is 24.2. The SMILES string of the molecule is O=C(/C=C/CCCCOc1ccc(/C(=C(/CC(F)(F)F)c2ccccc2)c2ccc3n[nH]c(F)c3c2)cn1)N1CCCCC1. The lowest BCUT2D eigenvalue weighted by atomic mass is 9.88. The largest absolute Gasteiger partial charge is 0.478 e. The van der Waals surface area contributed by atoms with E-state index in [2.05, 4.69) is 15.2 Å². The number of pyridine rings is 1. The number of likely N-dealkylation sites (tertiary alicyclic amines) is 1. The first-order chi connectivity index (χ1) is 21.3. The fraction of sp³-hybridized carbons (Fsp3) is 0.324. The Kier molecular flexibility index (Phi) is 10.1. The Hall–Kier alpha value is -4.47. The molecule has 0 atom stereocenters.